The zero-order valence-corrected chi connectivity index (χ0v) is 14.9. The molecule has 1 saturated heterocycles. The van der Waals surface area contributed by atoms with E-state index in [2.05, 4.69) is 15.3 Å². The molecule has 2 aliphatic rings. The summed E-state index contributed by atoms with van der Waals surface area (Å²) in [6.45, 7) is 1.77. The minimum atomic E-state index is -1.14. The van der Waals surface area contributed by atoms with Gasteiger partial charge in [-0.1, -0.05) is 0 Å². The Morgan fingerprint density at radius 2 is 2.35 bits per heavy atom. The SMILES string of the molecule is COC(=O)C1=C(CSc2ccc3nncn3n2)COC2N1C(=O)C2(C)N. The second-order valence-corrected chi connectivity index (χ2v) is 7.15. The Labute approximate surface area is 152 Å². The Hall–Kier alpha value is -2.50. The number of hydrogen-bond acceptors (Lipinski definition) is 9. The maximum absolute atomic E-state index is 12.3. The van der Waals surface area contributed by atoms with E-state index in [1.165, 1.54) is 30.1 Å². The van der Waals surface area contributed by atoms with Crippen molar-refractivity contribution in [2.24, 2.45) is 5.73 Å². The van der Waals surface area contributed by atoms with Crippen LogP contribution in [0.15, 0.2) is 34.8 Å². The summed E-state index contributed by atoms with van der Waals surface area (Å²) in [6, 6.07) is 3.61. The zero-order valence-electron chi connectivity index (χ0n) is 14.1. The number of amides is 1. The molecule has 0 aliphatic carbocycles. The van der Waals surface area contributed by atoms with Gasteiger partial charge in [-0.15, -0.1) is 22.0 Å². The van der Waals surface area contributed by atoms with Gasteiger partial charge in [-0.2, -0.15) is 9.61 Å². The van der Waals surface area contributed by atoms with Crippen LogP contribution in [0, 0.1) is 0 Å². The number of ether oxygens (including phenoxy) is 2. The lowest BCUT2D eigenvalue weighted by Gasteiger charge is -2.53. The first-order chi connectivity index (χ1) is 12.4. The zero-order chi connectivity index (χ0) is 18.5. The van der Waals surface area contributed by atoms with Gasteiger partial charge in [0.25, 0.3) is 5.91 Å². The molecule has 4 heterocycles. The van der Waals surface area contributed by atoms with Crippen molar-refractivity contribution in [1.29, 1.82) is 0 Å². The van der Waals surface area contributed by atoms with Crippen LogP contribution in [0.3, 0.4) is 0 Å². The van der Waals surface area contributed by atoms with Crippen molar-refractivity contribution in [3.8, 4) is 0 Å². The first-order valence-corrected chi connectivity index (χ1v) is 8.76. The van der Waals surface area contributed by atoms with Crippen LogP contribution >= 0.6 is 11.8 Å². The quantitative estimate of drug-likeness (QED) is 0.429. The predicted molar refractivity (Wildman–Crippen MR) is 89.7 cm³/mol. The van der Waals surface area contributed by atoms with Crippen LogP contribution in [0.4, 0.5) is 0 Å². The maximum Gasteiger partial charge on any atom is 0.354 e. The van der Waals surface area contributed by atoms with Gasteiger partial charge in [0.2, 0.25) is 0 Å². The topological polar surface area (TPSA) is 125 Å². The molecule has 4 rings (SSSR count). The summed E-state index contributed by atoms with van der Waals surface area (Å²) in [7, 11) is 1.28. The number of β-lactam (4-membered cyclic amide) rings is 1. The molecule has 2 aromatic heterocycles. The number of esters is 1. The molecule has 10 nitrogen and oxygen atoms in total. The van der Waals surface area contributed by atoms with Gasteiger partial charge in [0.1, 0.15) is 22.6 Å². The molecule has 1 amide bonds. The molecule has 136 valence electrons. The number of carbonyl (C=O) groups is 2. The standard InChI is InChI=1S/C15H16N6O4S/c1-15(16)13(23)21-11(12(22)24-2)8(5-25-14(15)21)6-26-10-4-3-9-18-17-7-20(9)19-10/h3-4,7,14H,5-6,16H2,1-2H3. The summed E-state index contributed by atoms with van der Waals surface area (Å²) in [5, 5.41) is 12.8. The number of carbonyl (C=O) groups excluding carboxylic acids is 2. The third-order valence-electron chi connectivity index (χ3n) is 4.33. The van der Waals surface area contributed by atoms with Gasteiger partial charge in [-0.25, -0.2) is 4.79 Å². The lowest BCUT2D eigenvalue weighted by atomic mass is 9.86. The number of aromatic nitrogens is 4. The Morgan fingerprint density at radius 1 is 1.54 bits per heavy atom. The third kappa shape index (κ3) is 2.47. The van der Waals surface area contributed by atoms with Crippen LogP contribution in [-0.2, 0) is 19.1 Å². The normalized spacial score (nSPS) is 25.3. The summed E-state index contributed by atoms with van der Waals surface area (Å²) in [6.07, 6.45) is 0.845. The molecular formula is C15H16N6O4S. The molecule has 2 N–H and O–H groups in total. The van der Waals surface area contributed by atoms with Crippen LogP contribution < -0.4 is 5.73 Å². The molecule has 0 bridgehead atoms. The van der Waals surface area contributed by atoms with Crippen LogP contribution in [0.5, 0.6) is 0 Å². The molecule has 0 spiro atoms. The highest BCUT2D eigenvalue weighted by molar-refractivity contribution is 7.99. The lowest BCUT2D eigenvalue weighted by Crippen LogP contribution is -2.78. The highest BCUT2D eigenvalue weighted by Crippen LogP contribution is 2.39. The molecular weight excluding hydrogens is 360 g/mol. The lowest BCUT2D eigenvalue weighted by molar-refractivity contribution is -0.195. The van der Waals surface area contributed by atoms with Gasteiger partial charge in [-0.3, -0.25) is 9.69 Å². The van der Waals surface area contributed by atoms with E-state index in [0.717, 1.165) is 5.03 Å². The second kappa shape index (κ2) is 6.04. The molecule has 0 aromatic carbocycles. The molecule has 26 heavy (non-hydrogen) atoms. The molecule has 0 saturated carbocycles. The molecule has 0 radical (unpaired) electrons. The van der Waals surface area contributed by atoms with Crippen molar-refractivity contribution in [3.05, 3.63) is 29.7 Å². The minimum Gasteiger partial charge on any atom is -0.464 e. The van der Waals surface area contributed by atoms with Gasteiger partial charge in [-0.05, 0) is 24.6 Å². The summed E-state index contributed by atoms with van der Waals surface area (Å²) in [4.78, 5) is 25.9. The Bertz CT molecular complexity index is 939. The first kappa shape index (κ1) is 16.9. The third-order valence-corrected chi connectivity index (χ3v) is 5.33. The summed E-state index contributed by atoms with van der Waals surface area (Å²) in [5.74, 6) is -0.544. The maximum atomic E-state index is 12.3. The Morgan fingerprint density at radius 3 is 3.12 bits per heavy atom. The van der Waals surface area contributed by atoms with Crippen molar-refractivity contribution in [3.63, 3.8) is 0 Å². The Balaban J connectivity index is 1.60. The van der Waals surface area contributed by atoms with Crippen molar-refractivity contribution < 1.29 is 19.1 Å². The fraction of sp³-hybridized carbons (Fsp3) is 0.400. The molecule has 2 aromatic rings. The van der Waals surface area contributed by atoms with Gasteiger partial charge < -0.3 is 15.2 Å². The fourth-order valence-corrected chi connectivity index (χ4v) is 3.81. The van der Waals surface area contributed by atoms with E-state index in [4.69, 9.17) is 15.2 Å². The number of thioether (sulfide) groups is 1. The number of methoxy groups -OCH3 is 1. The van der Waals surface area contributed by atoms with Gasteiger partial charge in [0, 0.05) is 5.75 Å². The van der Waals surface area contributed by atoms with E-state index >= 15 is 0 Å². The van der Waals surface area contributed by atoms with E-state index in [9.17, 15) is 9.59 Å². The van der Waals surface area contributed by atoms with Crippen molar-refractivity contribution in [2.75, 3.05) is 19.5 Å². The Kier molecular flexibility index (Phi) is 3.93. The van der Waals surface area contributed by atoms with Crippen molar-refractivity contribution in [1.82, 2.24) is 24.7 Å². The number of nitrogens with two attached hydrogens (primary N) is 1. The van der Waals surface area contributed by atoms with E-state index in [1.807, 2.05) is 6.07 Å². The monoisotopic (exact) mass is 376 g/mol. The van der Waals surface area contributed by atoms with E-state index in [-0.39, 0.29) is 18.2 Å². The van der Waals surface area contributed by atoms with E-state index in [1.54, 1.807) is 17.5 Å². The van der Waals surface area contributed by atoms with Crippen LogP contribution in [-0.4, -0.2) is 67.8 Å². The highest BCUT2D eigenvalue weighted by Gasteiger charge is 2.60. The van der Waals surface area contributed by atoms with Crippen LogP contribution in [0.2, 0.25) is 0 Å². The van der Waals surface area contributed by atoms with Gasteiger partial charge in [0.05, 0.1) is 13.7 Å². The fourth-order valence-electron chi connectivity index (χ4n) is 2.96. The summed E-state index contributed by atoms with van der Waals surface area (Å²) < 4.78 is 12.1. The van der Waals surface area contributed by atoms with Gasteiger partial charge in [0.15, 0.2) is 11.9 Å². The number of hydrogen-bond donors (Lipinski definition) is 1. The largest absolute Gasteiger partial charge is 0.464 e. The number of fused-ring (bicyclic) bond motifs is 2. The van der Waals surface area contributed by atoms with E-state index < -0.39 is 17.7 Å². The highest BCUT2D eigenvalue weighted by atomic mass is 32.2. The van der Waals surface area contributed by atoms with E-state index in [0.29, 0.717) is 17.0 Å². The average Bonchev–Trinajstić information content (AvgIpc) is 3.12. The summed E-state index contributed by atoms with van der Waals surface area (Å²) >= 11 is 1.40. The van der Waals surface area contributed by atoms with Crippen LogP contribution in [0.25, 0.3) is 5.65 Å². The number of rotatable bonds is 4. The molecule has 1 fully saturated rings. The van der Waals surface area contributed by atoms with Crippen molar-refractivity contribution in [2.45, 2.75) is 23.7 Å². The number of nitrogens with zero attached hydrogens (tertiary/aromatic N) is 5. The molecule has 11 heteroatoms. The minimum absolute atomic E-state index is 0.188. The van der Waals surface area contributed by atoms with Gasteiger partial charge >= 0.3 is 5.97 Å². The first-order valence-electron chi connectivity index (χ1n) is 7.78. The van der Waals surface area contributed by atoms with Crippen molar-refractivity contribution >= 4 is 29.3 Å². The second-order valence-electron chi connectivity index (χ2n) is 6.16. The molecule has 2 aliphatic heterocycles. The summed E-state index contributed by atoms with van der Waals surface area (Å²) in [5.41, 5.74) is 6.31. The molecule has 2 atom stereocenters. The predicted octanol–water partition coefficient (Wildman–Crippen LogP) is -0.441. The average molecular weight is 376 g/mol. The smallest absolute Gasteiger partial charge is 0.354 e. The molecule has 2 unspecified atom stereocenters. The van der Waals surface area contributed by atoms with Crippen LogP contribution in [0.1, 0.15) is 6.92 Å².